The van der Waals surface area contributed by atoms with Gasteiger partial charge >= 0.3 is 5.97 Å². The van der Waals surface area contributed by atoms with Crippen molar-refractivity contribution in [3.05, 3.63) is 52.0 Å². The zero-order valence-electron chi connectivity index (χ0n) is 13.2. The third kappa shape index (κ3) is 3.26. The van der Waals surface area contributed by atoms with Crippen LogP contribution >= 0.6 is 11.3 Å². The van der Waals surface area contributed by atoms with Crippen LogP contribution in [-0.2, 0) is 4.74 Å². The number of hydrogen-bond donors (Lipinski definition) is 0. The number of methoxy groups -OCH3 is 1. The topological polar surface area (TPSA) is 49.9 Å². The van der Waals surface area contributed by atoms with Crippen molar-refractivity contribution in [2.24, 2.45) is 0 Å². The molecule has 5 nitrogen and oxygen atoms in total. The van der Waals surface area contributed by atoms with Gasteiger partial charge in [0.25, 0.3) is 5.91 Å². The zero-order chi connectivity index (χ0) is 17.1. The first-order valence-corrected chi connectivity index (χ1v) is 8.38. The highest BCUT2D eigenvalue weighted by Crippen LogP contribution is 2.23. The normalized spacial score (nSPS) is 14.6. The molecule has 0 unspecified atom stereocenters. The molecule has 0 aliphatic carbocycles. The Morgan fingerprint density at radius 2 is 1.71 bits per heavy atom. The summed E-state index contributed by atoms with van der Waals surface area (Å²) in [7, 11) is 1.31. The molecule has 1 saturated heterocycles. The number of rotatable bonds is 3. The number of nitrogens with zero attached hydrogens (tertiary/aromatic N) is 2. The van der Waals surface area contributed by atoms with Crippen LogP contribution in [0.3, 0.4) is 0 Å². The molecule has 3 rings (SSSR count). The van der Waals surface area contributed by atoms with Crippen molar-refractivity contribution in [3.63, 3.8) is 0 Å². The highest BCUT2D eigenvalue weighted by Gasteiger charge is 2.25. The van der Waals surface area contributed by atoms with Crippen LogP contribution in [0.4, 0.5) is 10.1 Å². The monoisotopic (exact) mass is 348 g/mol. The van der Waals surface area contributed by atoms with Gasteiger partial charge in [0.1, 0.15) is 10.7 Å². The Morgan fingerprint density at radius 1 is 1.04 bits per heavy atom. The maximum atomic E-state index is 13.8. The van der Waals surface area contributed by atoms with Crippen molar-refractivity contribution in [2.45, 2.75) is 0 Å². The zero-order valence-corrected chi connectivity index (χ0v) is 14.0. The smallest absolute Gasteiger partial charge is 0.348 e. The Balaban J connectivity index is 1.64. The fraction of sp³-hybridized carbons (Fsp3) is 0.294. The van der Waals surface area contributed by atoms with Crippen LogP contribution in [0.2, 0.25) is 0 Å². The number of ether oxygens (including phenoxy) is 1. The minimum absolute atomic E-state index is 0.108. The number of para-hydroxylation sites is 1. The first-order valence-electron chi connectivity index (χ1n) is 7.57. The maximum absolute atomic E-state index is 13.8. The van der Waals surface area contributed by atoms with Crippen molar-refractivity contribution in [2.75, 3.05) is 38.2 Å². The van der Waals surface area contributed by atoms with Crippen molar-refractivity contribution >= 4 is 28.9 Å². The van der Waals surface area contributed by atoms with Crippen LogP contribution in [0.1, 0.15) is 19.3 Å². The predicted molar refractivity (Wildman–Crippen MR) is 90.2 cm³/mol. The van der Waals surface area contributed by atoms with Gasteiger partial charge < -0.3 is 14.5 Å². The number of carbonyl (C=O) groups is 2. The Labute approximate surface area is 143 Å². The summed E-state index contributed by atoms with van der Waals surface area (Å²) >= 11 is 1.13. The number of hydrogen-bond acceptors (Lipinski definition) is 5. The Kier molecular flexibility index (Phi) is 4.80. The van der Waals surface area contributed by atoms with Crippen molar-refractivity contribution in [1.29, 1.82) is 0 Å². The first-order chi connectivity index (χ1) is 11.6. The summed E-state index contributed by atoms with van der Waals surface area (Å²) in [6, 6.07) is 9.88. The van der Waals surface area contributed by atoms with Gasteiger partial charge in [-0.2, -0.15) is 0 Å². The van der Waals surface area contributed by atoms with Gasteiger partial charge in [0.2, 0.25) is 0 Å². The van der Waals surface area contributed by atoms with Crippen LogP contribution < -0.4 is 4.90 Å². The number of carbonyl (C=O) groups excluding carboxylic acids is 2. The second-order valence-electron chi connectivity index (χ2n) is 5.39. The molecule has 1 aliphatic heterocycles. The fourth-order valence-corrected chi connectivity index (χ4v) is 3.57. The standard InChI is InChI=1S/C17H17FN2O3S/c1-23-17(22)15-7-6-14(24-15)16(21)20-10-8-19(9-11-20)13-5-3-2-4-12(13)18/h2-7H,8-11H2,1H3. The number of amides is 1. The van der Waals surface area contributed by atoms with E-state index in [-0.39, 0.29) is 11.7 Å². The number of piperazine rings is 1. The molecule has 1 aromatic carbocycles. The molecule has 2 heterocycles. The summed E-state index contributed by atoms with van der Waals surface area (Å²) in [5, 5.41) is 0. The van der Waals surface area contributed by atoms with E-state index in [1.54, 1.807) is 35.2 Å². The Bertz CT molecular complexity index is 754. The molecule has 0 N–H and O–H groups in total. The molecule has 24 heavy (non-hydrogen) atoms. The van der Waals surface area contributed by atoms with E-state index in [9.17, 15) is 14.0 Å². The highest BCUT2D eigenvalue weighted by molar-refractivity contribution is 7.15. The van der Waals surface area contributed by atoms with E-state index >= 15 is 0 Å². The average molecular weight is 348 g/mol. The number of halogens is 1. The van der Waals surface area contributed by atoms with Gasteiger partial charge in [-0.15, -0.1) is 11.3 Å². The molecule has 0 radical (unpaired) electrons. The number of esters is 1. The van der Waals surface area contributed by atoms with Crippen LogP contribution in [0.15, 0.2) is 36.4 Å². The summed E-state index contributed by atoms with van der Waals surface area (Å²) < 4.78 is 18.5. The predicted octanol–water partition coefficient (Wildman–Crippen LogP) is 2.64. The van der Waals surface area contributed by atoms with E-state index in [1.165, 1.54) is 13.2 Å². The van der Waals surface area contributed by atoms with Crippen molar-refractivity contribution in [3.8, 4) is 0 Å². The van der Waals surface area contributed by atoms with Gasteiger partial charge in [0.05, 0.1) is 17.7 Å². The molecular weight excluding hydrogens is 331 g/mol. The van der Waals surface area contributed by atoms with Crippen molar-refractivity contribution in [1.82, 2.24) is 4.90 Å². The summed E-state index contributed by atoms with van der Waals surface area (Å²) in [6.45, 7) is 2.17. The summed E-state index contributed by atoms with van der Waals surface area (Å²) in [4.78, 5) is 28.6. The van der Waals surface area contributed by atoms with Crippen LogP contribution in [0.5, 0.6) is 0 Å². The number of benzene rings is 1. The lowest BCUT2D eigenvalue weighted by Crippen LogP contribution is -2.48. The van der Waals surface area contributed by atoms with Crippen molar-refractivity contribution < 1.29 is 18.7 Å². The number of anilines is 1. The van der Waals surface area contributed by atoms with E-state index in [4.69, 9.17) is 0 Å². The second-order valence-corrected chi connectivity index (χ2v) is 6.47. The van der Waals surface area contributed by atoms with E-state index < -0.39 is 5.97 Å². The summed E-state index contributed by atoms with van der Waals surface area (Å²) in [6.07, 6.45) is 0. The lowest BCUT2D eigenvalue weighted by Gasteiger charge is -2.36. The van der Waals surface area contributed by atoms with Gasteiger partial charge in [-0.1, -0.05) is 12.1 Å². The largest absolute Gasteiger partial charge is 0.465 e. The SMILES string of the molecule is COC(=O)c1ccc(C(=O)N2CCN(c3ccccc3F)CC2)s1. The molecule has 7 heteroatoms. The van der Waals surface area contributed by atoms with Gasteiger partial charge in [-0.05, 0) is 24.3 Å². The molecule has 1 amide bonds. The fourth-order valence-electron chi connectivity index (χ4n) is 2.68. The second kappa shape index (κ2) is 7.00. The number of thiophene rings is 1. The van der Waals surface area contributed by atoms with Crippen LogP contribution in [0.25, 0.3) is 0 Å². The first kappa shape index (κ1) is 16.4. The molecule has 1 aromatic heterocycles. The van der Waals surface area contributed by atoms with Crippen LogP contribution in [0, 0.1) is 5.82 Å². The molecule has 0 bridgehead atoms. The van der Waals surface area contributed by atoms with E-state index in [0.717, 1.165) is 11.3 Å². The molecule has 1 fully saturated rings. The summed E-state index contributed by atoms with van der Waals surface area (Å²) in [5.74, 6) is -0.801. The van der Waals surface area contributed by atoms with E-state index in [1.807, 2.05) is 4.90 Å². The quantitative estimate of drug-likeness (QED) is 0.800. The average Bonchev–Trinajstić information content (AvgIpc) is 3.11. The Morgan fingerprint density at radius 3 is 2.38 bits per heavy atom. The molecule has 0 spiro atoms. The minimum Gasteiger partial charge on any atom is -0.465 e. The van der Waals surface area contributed by atoms with E-state index in [0.29, 0.717) is 41.6 Å². The Hall–Kier alpha value is -2.41. The van der Waals surface area contributed by atoms with Gasteiger partial charge in [0.15, 0.2) is 0 Å². The van der Waals surface area contributed by atoms with Crippen LogP contribution in [-0.4, -0.2) is 50.1 Å². The van der Waals surface area contributed by atoms with Gasteiger partial charge in [0, 0.05) is 26.2 Å². The molecule has 126 valence electrons. The van der Waals surface area contributed by atoms with Gasteiger partial charge in [-0.25, -0.2) is 9.18 Å². The third-order valence-electron chi connectivity index (χ3n) is 3.96. The highest BCUT2D eigenvalue weighted by atomic mass is 32.1. The lowest BCUT2D eigenvalue weighted by atomic mass is 10.2. The molecule has 2 aromatic rings. The third-order valence-corrected chi connectivity index (χ3v) is 5.02. The molecule has 0 saturated carbocycles. The maximum Gasteiger partial charge on any atom is 0.348 e. The summed E-state index contributed by atoms with van der Waals surface area (Å²) in [5.41, 5.74) is 0.564. The molecule has 0 atom stereocenters. The van der Waals surface area contributed by atoms with Gasteiger partial charge in [-0.3, -0.25) is 4.79 Å². The molecular formula is C17H17FN2O3S. The molecule has 1 aliphatic rings. The van der Waals surface area contributed by atoms with E-state index in [2.05, 4.69) is 4.74 Å². The lowest BCUT2D eigenvalue weighted by molar-refractivity contribution is 0.0606. The minimum atomic E-state index is -0.441.